The van der Waals surface area contributed by atoms with Gasteiger partial charge in [0.25, 0.3) is 0 Å². The molecule has 0 aromatic carbocycles. The Morgan fingerprint density at radius 2 is 2.38 bits per heavy atom. The first kappa shape index (κ1) is 13.0. The molecule has 90 valence electrons. The van der Waals surface area contributed by atoms with Crippen LogP contribution < -0.4 is 0 Å². The summed E-state index contributed by atoms with van der Waals surface area (Å²) in [6, 6.07) is 2.01. The van der Waals surface area contributed by atoms with Gasteiger partial charge in [-0.1, -0.05) is 0 Å². The van der Waals surface area contributed by atoms with Gasteiger partial charge in [-0.2, -0.15) is 5.26 Å². The lowest BCUT2D eigenvalue weighted by atomic mass is 9.98. The number of likely N-dealkylation sites (tertiary alicyclic amines) is 1. The first-order valence-electron chi connectivity index (χ1n) is 5.93. The van der Waals surface area contributed by atoms with E-state index in [1.54, 1.807) is 4.90 Å². The van der Waals surface area contributed by atoms with E-state index >= 15 is 0 Å². The Morgan fingerprint density at radius 3 is 3.00 bits per heavy atom. The van der Waals surface area contributed by atoms with Crippen molar-refractivity contribution in [3.8, 4) is 6.07 Å². The molecule has 4 nitrogen and oxygen atoms in total. The molecule has 0 bridgehead atoms. The van der Waals surface area contributed by atoms with Crippen LogP contribution in [0.1, 0.15) is 25.7 Å². The van der Waals surface area contributed by atoms with Crippen molar-refractivity contribution in [3.63, 3.8) is 0 Å². The molecule has 1 aliphatic heterocycles. The molecule has 0 spiro atoms. The van der Waals surface area contributed by atoms with E-state index in [0.29, 0.717) is 18.8 Å². The molecule has 1 unspecified atom stereocenters. The van der Waals surface area contributed by atoms with Crippen molar-refractivity contribution in [3.05, 3.63) is 0 Å². The summed E-state index contributed by atoms with van der Waals surface area (Å²) in [5.41, 5.74) is 0. The molecule has 4 heteroatoms. The van der Waals surface area contributed by atoms with Crippen LogP contribution in [0.3, 0.4) is 0 Å². The van der Waals surface area contributed by atoms with Crippen molar-refractivity contribution < 1.29 is 4.79 Å². The van der Waals surface area contributed by atoms with Crippen LogP contribution in [0, 0.1) is 17.2 Å². The molecule has 0 aromatic heterocycles. The van der Waals surface area contributed by atoms with Gasteiger partial charge in [-0.3, -0.25) is 4.79 Å². The van der Waals surface area contributed by atoms with Crippen LogP contribution in [-0.4, -0.2) is 49.4 Å². The van der Waals surface area contributed by atoms with E-state index in [4.69, 9.17) is 5.26 Å². The third kappa shape index (κ3) is 4.19. The highest BCUT2D eigenvalue weighted by atomic mass is 16.2. The van der Waals surface area contributed by atoms with Crippen molar-refractivity contribution in [2.45, 2.75) is 25.7 Å². The highest BCUT2D eigenvalue weighted by Crippen LogP contribution is 2.16. The lowest BCUT2D eigenvalue weighted by molar-refractivity contribution is -0.130. The first-order chi connectivity index (χ1) is 7.63. The van der Waals surface area contributed by atoms with Crippen LogP contribution in [0.25, 0.3) is 0 Å². The van der Waals surface area contributed by atoms with Crippen LogP contribution in [0.5, 0.6) is 0 Å². The van der Waals surface area contributed by atoms with Crippen molar-refractivity contribution in [2.75, 3.05) is 33.7 Å². The van der Waals surface area contributed by atoms with Crippen LogP contribution in [-0.2, 0) is 4.79 Å². The maximum absolute atomic E-state index is 11.6. The van der Waals surface area contributed by atoms with E-state index in [1.807, 2.05) is 13.1 Å². The molecule has 0 N–H and O–H groups in total. The summed E-state index contributed by atoms with van der Waals surface area (Å²) in [5.74, 6) is 0.685. The Morgan fingerprint density at radius 1 is 1.62 bits per heavy atom. The zero-order valence-electron chi connectivity index (χ0n) is 10.3. The Bertz CT molecular complexity index is 272. The lowest BCUT2D eigenvalue weighted by Crippen LogP contribution is -2.39. The molecule has 0 aromatic rings. The van der Waals surface area contributed by atoms with E-state index in [1.165, 1.54) is 19.4 Å². The minimum Gasteiger partial charge on any atom is -0.345 e. The Hall–Kier alpha value is -1.08. The van der Waals surface area contributed by atoms with Gasteiger partial charge in [0.15, 0.2) is 0 Å². The van der Waals surface area contributed by atoms with Crippen LogP contribution in [0.15, 0.2) is 0 Å². The number of carbonyl (C=O) groups excluding carboxylic acids is 1. The zero-order chi connectivity index (χ0) is 12.0. The van der Waals surface area contributed by atoms with Gasteiger partial charge in [-0.25, -0.2) is 0 Å². The summed E-state index contributed by atoms with van der Waals surface area (Å²) in [4.78, 5) is 15.7. The van der Waals surface area contributed by atoms with Crippen molar-refractivity contribution in [1.82, 2.24) is 9.80 Å². The SMILES string of the molecule is CN1CCCC(CN(C)C(=O)CCC#N)C1. The van der Waals surface area contributed by atoms with E-state index in [0.717, 1.165) is 13.1 Å². The van der Waals surface area contributed by atoms with E-state index < -0.39 is 0 Å². The maximum Gasteiger partial charge on any atom is 0.223 e. The minimum absolute atomic E-state index is 0.0924. The zero-order valence-corrected chi connectivity index (χ0v) is 10.3. The number of piperidine rings is 1. The van der Waals surface area contributed by atoms with Gasteiger partial charge < -0.3 is 9.80 Å². The van der Waals surface area contributed by atoms with E-state index in [-0.39, 0.29) is 5.91 Å². The van der Waals surface area contributed by atoms with Crippen LogP contribution in [0.2, 0.25) is 0 Å². The molecule has 0 radical (unpaired) electrons. The fraction of sp³-hybridized carbons (Fsp3) is 0.833. The number of nitriles is 1. The first-order valence-corrected chi connectivity index (χ1v) is 5.93. The standard InChI is InChI=1S/C12H21N3O/c1-14-8-4-5-11(9-14)10-15(2)12(16)6-3-7-13/h11H,3-6,8-10H2,1-2H3. The number of amides is 1. The van der Waals surface area contributed by atoms with Gasteiger partial charge in [0.05, 0.1) is 6.07 Å². The normalized spacial score (nSPS) is 21.4. The highest BCUT2D eigenvalue weighted by molar-refractivity contribution is 5.76. The Labute approximate surface area is 97.8 Å². The predicted octanol–water partition coefficient (Wildman–Crippen LogP) is 1.09. The molecule has 1 amide bonds. The molecule has 1 rings (SSSR count). The summed E-state index contributed by atoms with van der Waals surface area (Å²) in [7, 11) is 3.97. The van der Waals surface area contributed by atoms with E-state index in [9.17, 15) is 4.79 Å². The average Bonchev–Trinajstić information content (AvgIpc) is 2.25. The highest BCUT2D eigenvalue weighted by Gasteiger charge is 2.20. The van der Waals surface area contributed by atoms with E-state index in [2.05, 4.69) is 11.9 Å². The molecule has 1 atom stereocenters. The molecule has 0 saturated carbocycles. The summed E-state index contributed by atoms with van der Waals surface area (Å²) in [6.45, 7) is 3.08. The quantitative estimate of drug-likeness (QED) is 0.717. The molecule has 1 saturated heterocycles. The maximum atomic E-state index is 11.6. The number of rotatable bonds is 4. The van der Waals surface area contributed by atoms with Gasteiger partial charge in [-0.15, -0.1) is 0 Å². The number of hydrogen-bond acceptors (Lipinski definition) is 3. The Balaban J connectivity index is 2.30. The van der Waals surface area contributed by atoms with Gasteiger partial charge in [0.1, 0.15) is 0 Å². The fourth-order valence-electron chi connectivity index (χ4n) is 2.27. The summed E-state index contributed by atoms with van der Waals surface area (Å²) in [5, 5.41) is 8.43. The lowest BCUT2D eigenvalue weighted by Gasteiger charge is -2.32. The third-order valence-corrected chi connectivity index (χ3v) is 3.13. The van der Waals surface area contributed by atoms with Crippen molar-refractivity contribution in [1.29, 1.82) is 5.26 Å². The van der Waals surface area contributed by atoms with Crippen molar-refractivity contribution in [2.24, 2.45) is 5.92 Å². The second-order valence-corrected chi connectivity index (χ2v) is 4.70. The second-order valence-electron chi connectivity index (χ2n) is 4.70. The smallest absolute Gasteiger partial charge is 0.223 e. The molecule has 1 heterocycles. The summed E-state index contributed by atoms with van der Waals surface area (Å²) in [6.07, 6.45) is 3.12. The van der Waals surface area contributed by atoms with Gasteiger partial charge in [0.2, 0.25) is 5.91 Å². The number of hydrogen-bond donors (Lipinski definition) is 0. The average molecular weight is 223 g/mol. The predicted molar refractivity (Wildman–Crippen MR) is 62.7 cm³/mol. The molecule has 0 aliphatic carbocycles. The second kappa shape index (κ2) is 6.49. The monoisotopic (exact) mass is 223 g/mol. The summed E-state index contributed by atoms with van der Waals surface area (Å²) < 4.78 is 0. The number of nitrogens with zero attached hydrogens (tertiary/aromatic N) is 3. The largest absolute Gasteiger partial charge is 0.345 e. The summed E-state index contributed by atoms with van der Waals surface area (Å²) >= 11 is 0. The molecule has 1 fully saturated rings. The Kier molecular flexibility index (Phi) is 5.27. The van der Waals surface area contributed by atoms with Gasteiger partial charge in [0, 0.05) is 33.0 Å². The van der Waals surface area contributed by atoms with Crippen LogP contribution >= 0.6 is 0 Å². The molecule has 16 heavy (non-hydrogen) atoms. The third-order valence-electron chi connectivity index (χ3n) is 3.13. The minimum atomic E-state index is 0.0924. The topological polar surface area (TPSA) is 47.3 Å². The van der Waals surface area contributed by atoms with Gasteiger partial charge in [-0.05, 0) is 32.4 Å². The van der Waals surface area contributed by atoms with Crippen LogP contribution in [0.4, 0.5) is 0 Å². The molecular weight excluding hydrogens is 202 g/mol. The van der Waals surface area contributed by atoms with Gasteiger partial charge >= 0.3 is 0 Å². The fourth-order valence-corrected chi connectivity index (χ4v) is 2.27. The van der Waals surface area contributed by atoms with Crippen molar-refractivity contribution >= 4 is 5.91 Å². The number of carbonyl (C=O) groups is 1. The molecular formula is C12H21N3O. The molecule has 1 aliphatic rings.